The molecule has 26 heavy (non-hydrogen) atoms. The summed E-state index contributed by atoms with van der Waals surface area (Å²) in [7, 11) is 0. The number of hydrogen-bond acceptors (Lipinski definition) is 4. The average molecular weight is 360 g/mol. The Morgan fingerprint density at radius 3 is 2.58 bits per heavy atom. The molecule has 0 bridgehead atoms. The third kappa shape index (κ3) is 5.29. The Balaban J connectivity index is 1.57. The number of rotatable bonds is 5. The number of carbonyl (C=O) groups excluding carboxylic acids is 1. The van der Waals surface area contributed by atoms with E-state index in [0.29, 0.717) is 6.54 Å². The van der Waals surface area contributed by atoms with Crippen molar-refractivity contribution in [2.45, 2.75) is 70.9 Å². The quantitative estimate of drug-likeness (QED) is 0.847. The van der Waals surface area contributed by atoms with Gasteiger partial charge in [-0.2, -0.15) is 0 Å². The lowest BCUT2D eigenvalue weighted by Crippen LogP contribution is -2.45. The molecule has 1 aromatic rings. The van der Waals surface area contributed by atoms with Gasteiger partial charge in [-0.25, -0.2) is 0 Å². The molecule has 0 spiro atoms. The van der Waals surface area contributed by atoms with Crippen LogP contribution in [0.3, 0.4) is 0 Å². The minimum atomic E-state index is 0.0758. The van der Waals surface area contributed by atoms with Crippen molar-refractivity contribution in [3.05, 3.63) is 35.4 Å². The number of amides is 1. The number of hydrogen-bond donors (Lipinski definition) is 2. The average Bonchev–Trinajstić information content (AvgIpc) is 2.60. The van der Waals surface area contributed by atoms with Crippen molar-refractivity contribution < 1.29 is 9.53 Å². The van der Waals surface area contributed by atoms with E-state index >= 15 is 0 Å². The highest BCUT2D eigenvalue weighted by Gasteiger charge is 2.26. The molecule has 5 heteroatoms. The van der Waals surface area contributed by atoms with E-state index in [-0.39, 0.29) is 30.1 Å². The normalized spacial score (nSPS) is 30.1. The number of nitrogens with one attached hydrogen (secondary N) is 1. The van der Waals surface area contributed by atoms with E-state index in [1.165, 1.54) is 11.1 Å². The van der Waals surface area contributed by atoms with Crippen LogP contribution in [-0.4, -0.2) is 42.1 Å². The van der Waals surface area contributed by atoms with Gasteiger partial charge in [-0.15, -0.1) is 0 Å². The van der Waals surface area contributed by atoms with Gasteiger partial charge in [0.15, 0.2) is 0 Å². The van der Waals surface area contributed by atoms with E-state index in [9.17, 15) is 4.79 Å². The van der Waals surface area contributed by atoms with Gasteiger partial charge >= 0.3 is 0 Å². The number of benzene rings is 1. The van der Waals surface area contributed by atoms with Gasteiger partial charge in [-0.1, -0.05) is 30.7 Å². The third-order valence-electron chi connectivity index (χ3n) is 5.55. The van der Waals surface area contributed by atoms with Crippen molar-refractivity contribution in [1.29, 1.82) is 0 Å². The highest BCUT2D eigenvalue weighted by Crippen LogP contribution is 2.23. The Morgan fingerprint density at radius 1 is 1.19 bits per heavy atom. The molecule has 3 N–H and O–H groups in total. The third-order valence-corrected chi connectivity index (χ3v) is 5.55. The summed E-state index contributed by atoms with van der Waals surface area (Å²) in [5.41, 5.74) is 8.51. The molecule has 2 fully saturated rings. The number of nitrogens with two attached hydrogens (primary N) is 1. The van der Waals surface area contributed by atoms with E-state index in [1.807, 2.05) is 6.07 Å². The molecule has 144 valence electrons. The topological polar surface area (TPSA) is 67.6 Å². The fraction of sp³-hybridized carbons (Fsp3) is 0.667. The molecule has 2 aliphatic rings. The van der Waals surface area contributed by atoms with Gasteiger partial charge in [0.2, 0.25) is 5.91 Å². The van der Waals surface area contributed by atoms with Gasteiger partial charge in [0, 0.05) is 38.1 Å². The maximum absolute atomic E-state index is 12.5. The Morgan fingerprint density at radius 2 is 1.88 bits per heavy atom. The first-order chi connectivity index (χ1) is 12.5. The molecule has 5 nitrogen and oxygen atoms in total. The molecule has 1 amide bonds. The highest BCUT2D eigenvalue weighted by molar-refractivity contribution is 5.78. The van der Waals surface area contributed by atoms with E-state index in [4.69, 9.17) is 10.5 Å². The Kier molecular flexibility index (Phi) is 6.68. The fourth-order valence-corrected chi connectivity index (χ4v) is 4.33. The van der Waals surface area contributed by atoms with Crippen LogP contribution in [0.25, 0.3) is 0 Å². The monoisotopic (exact) mass is 359 g/mol. The lowest BCUT2D eigenvalue weighted by molar-refractivity contribution is -0.126. The van der Waals surface area contributed by atoms with E-state index < -0.39 is 0 Å². The molecule has 0 unspecified atom stereocenters. The summed E-state index contributed by atoms with van der Waals surface area (Å²) >= 11 is 0. The highest BCUT2D eigenvalue weighted by atomic mass is 16.5. The summed E-state index contributed by atoms with van der Waals surface area (Å²) in [6.45, 7) is 7.65. The van der Waals surface area contributed by atoms with Gasteiger partial charge in [0.05, 0.1) is 12.2 Å². The van der Waals surface area contributed by atoms with Crippen LogP contribution in [0, 0.1) is 5.92 Å². The van der Waals surface area contributed by atoms with Gasteiger partial charge in [0.25, 0.3) is 0 Å². The first-order valence-corrected chi connectivity index (χ1v) is 9.99. The second-order valence-electron chi connectivity index (χ2n) is 8.06. The maximum atomic E-state index is 12.5. The van der Waals surface area contributed by atoms with E-state index in [0.717, 1.165) is 45.3 Å². The Labute approximate surface area is 157 Å². The molecule has 1 heterocycles. The first kappa shape index (κ1) is 19.3. The number of nitrogens with zero attached hydrogens (tertiary/aromatic N) is 1. The number of ether oxygens (including phenoxy) is 1. The maximum Gasteiger partial charge on any atom is 0.223 e. The van der Waals surface area contributed by atoms with Crippen LogP contribution in [0.15, 0.2) is 24.3 Å². The lowest BCUT2D eigenvalue weighted by Gasteiger charge is -2.35. The van der Waals surface area contributed by atoms with Crippen LogP contribution in [0.5, 0.6) is 0 Å². The molecule has 1 aliphatic heterocycles. The zero-order valence-corrected chi connectivity index (χ0v) is 16.1. The Bertz CT molecular complexity index is 597. The summed E-state index contributed by atoms with van der Waals surface area (Å²) in [4.78, 5) is 15.0. The minimum Gasteiger partial charge on any atom is -0.373 e. The van der Waals surface area contributed by atoms with E-state index in [2.05, 4.69) is 42.3 Å². The molecule has 0 aromatic heterocycles. The predicted molar refractivity (Wildman–Crippen MR) is 104 cm³/mol. The molecular formula is C21H33N3O2. The summed E-state index contributed by atoms with van der Waals surface area (Å²) in [5, 5.41) is 3.15. The standard InChI is InChI=1S/C21H33N3O2/c1-15-12-24(13-16(2)26-15)14-19-7-4-3-6-18(19)11-23-21(25)17-8-5-9-20(22)10-17/h3-4,6-7,15-17,20H,5,8-14,22H2,1-2H3,(H,23,25)/t15-,16+,17-,20+/m1/s1. The van der Waals surface area contributed by atoms with Crippen molar-refractivity contribution in [3.63, 3.8) is 0 Å². The van der Waals surface area contributed by atoms with Crippen molar-refractivity contribution in [2.24, 2.45) is 11.7 Å². The Hall–Kier alpha value is -1.43. The molecule has 4 atom stereocenters. The molecule has 1 aliphatic carbocycles. The van der Waals surface area contributed by atoms with Crippen molar-refractivity contribution in [3.8, 4) is 0 Å². The fourth-order valence-electron chi connectivity index (χ4n) is 4.33. The summed E-state index contributed by atoms with van der Waals surface area (Å²) < 4.78 is 5.83. The zero-order chi connectivity index (χ0) is 18.5. The summed E-state index contributed by atoms with van der Waals surface area (Å²) in [6, 6.07) is 8.59. The van der Waals surface area contributed by atoms with Crippen molar-refractivity contribution in [2.75, 3.05) is 13.1 Å². The van der Waals surface area contributed by atoms with Crippen molar-refractivity contribution in [1.82, 2.24) is 10.2 Å². The molecule has 0 radical (unpaired) electrons. The van der Waals surface area contributed by atoms with Crippen molar-refractivity contribution >= 4 is 5.91 Å². The molecule has 1 aromatic carbocycles. The number of morpholine rings is 1. The predicted octanol–water partition coefficient (Wildman–Crippen LogP) is 2.43. The van der Waals surface area contributed by atoms with Crippen LogP contribution in [0.1, 0.15) is 50.7 Å². The van der Waals surface area contributed by atoms with Gasteiger partial charge < -0.3 is 15.8 Å². The largest absolute Gasteiger partial charge is 0.373 e. The van der Waals surface area contributed by atoms with Crippen LogP contribution >= 0.6 is 0 Å². The molecule has 3 rings (SSSR count). The molecule has 1 saturated carbocycles. The van der Waals surface area contributed by atoms with E-state index in [1.54, 1.807) is 0 Å². The number of carbonyl (C=O) groups is 1. The van der Waals surface area contributed by atoms with Gasteiger partial charge in [0.1, 0.15) is 0 Å². The summed E-state index contributed by atoms with van der Waals surface area (Å²) in [6.07, 6.45) is 4.41. The van der Waals surface area contributed by atoms with Crippen LogP contribution in [-0.2, 0) is 22.6 Å². The SMILES string of the molecule is C[C@@H]1CN(Cc2ccccc2CNC(=O)[C@@H]2CCC[C@H](N)C2)C[C@H](C)O1. The molecule has 1 saturated heterocycles. The zero-order valence-electron chi connectivity index (χ0n) is 16.1. The minimum absolute atomic E-state index is 0.0758. The van der Waals surface area contributed by atoms with Crippen LogP contribution in [0.2, 0.25) is 0 Å². The van der Waals surface area contributed by atoms with Gasteiger partial charge in [-0.3, -0.25) is 9.69 Å². The van der Waals surface area contributed by atoms with Crippen LogP contribution < -0.4 is 11.1 Å². The second kappa shape index (κ2) is 8.98. The lowest BCUT2D eigenvalue weighted by atomic mass is 9.85. The summed E-state index contributed by atoms with van der Waals surface area (Å²) in [5.74, 6) is 0.232. The second-order valence-corrected chi connectivity index (χ2v) is 8.06. The van der Waals surface area contributed by atoms with Crippen LogP contribution in [0.4, 0.5) is 0 Å². The van der Waals surface area contributed by atoms with Gasteiger partial charge in [-0.05, 0) is 44.2 Å². The first-order valence-electron chi connectivity index (χ1n) is 9.99. The molecular weight excluding hydrogens is 326 g/mol. The smallest absolute Gasteiger partial charge is 0.223 e.